The fraction of sp³-hybridized carbons (Fsp3) is 0.286. The Morgan fingerprint density at radius 3 is 2.08 bits per heavy atom. The molecule has 0 saturated heterocycles. The smallest absolute Gasteiger partial charge is 0.251 e. The summed E-state index contributed by atoms with van der Waals surface area (Å²) in [6.45, 7) is 3.74. The Hall–Kier alpha value is -5.56. The summed E-state index contributed by atoms with van der Waals surface area (Å²) in [6.07, 6.45) is 8.96. The van der Waals surface area contributed by atoms with Crippen molar-refractivity contribution in [3.8, 4) is 34.9 Å². The van der Waals surface area contributed by atoms with Crippen LogP contribution in [0.5, 0.6) is 0 Å². The van der Waals surface area contributed by atoms with Crippen LogP contribution in [0.2, 0.25) is 0 Å². The van der Waals surface area contributed by atoms with Gasteiger partial charge in [-0.3, -0.25) is 14.6 Å². The second kappa shape index (κ2) is 16.4. The standard InChI is InChI=1S/C42H45N7O2/c1-5-6-7-8-23-49(4)25-22-44-42(51)32-15-11-30(12-16-32)40-46-36-20-19-34(27-39(36)47-40)33-17-18-35-28-37(45-38(35)26-33)29-9-13-31(14-10-29)41(50)43-21-24-48(2)3/h1,9-20,26-27H,6-8,21-25,28H2,2-4H3,(H,43,50)(H,44,51)(H,46,47). The largest absolute Gasteiger partial charge is 0.351 e. The first-order chi connectivity index (χ1) is 24.8. The topological polar surface area (TPSA) is 106 Å². The third-order valence-corrected chi connectivity index (χ3v) is 9.15. The van der Waals surface area contributed by atoms with E-state index < -0.39 is 0 Å². The molecule has 0 bridgehead atoms. The van der Waals surface area contributed by atoms with Gasteiger partial charge in [0.1, 0.15) is 5.82 Å². The van der Waals surface area contributed by atoms with Crippen molar-refractivity contribution in [3.05, 3.63) is 107 Å². The Balaban J connectivity index is 1.07. The lowest BCUT2D eigenvalue weighted by Gasteiger charge is -2.16. The molecular weight excluding hydrogens is 635 g/mol. The first-order valence-corrected chi connectivity index (χ1v) is 17.5. The first kappa shape index (κ1) is 35.3. The molecule has 1 aliphatic heterocycles. The van der Waals surface area contributed by atoms with E-state index in [1.165, 1.54) is 5.56 Å². The van der Waals surface area contributed by atoms with E-state index in [-0.39, 0.29) is 11.8 Å². The van der Waals surface area contributed by atoms with Crippen LogP contribution in [0.4, 0.5) is 5.69 Å². The van der Waals surface area contributed by atoms with Crippen molar-refractivity contribution in [2.45, 2.75) is 25.7 Å². The SMILES string of the molecule is C#CCCCCN(C)CCNC(=O)c1ccc(-c2nc3ccc(-c4ccc5c(c4)N=C(c4ccc(C(=O)NCCN(C)C)cc4)C5)cc3[nH]2)cc1. The highest BCUT2D eigenvalue weighted by atomic mass is 16.2. The number of likely N-dealkylation sites (N-methyl/N-ethyl adjacent to an activating group) is 2. The Kier molecular flexibility index (Phi) is 11.4. The van der Waals surface area contributed by atoms with Gasteiger partial charge in [-0.2, -0.15) is 0 Å². The van der Waals surface area contributed by atoms with Crippen LogP contribution in [-0.2, 0) is 6.42 Å². The molecular formula is C42H45N7O2. The number of nitrogens with one attached hydrogen (secondary N) is 3. The maximum Gasteiger partial charge on any atom is 0.251 e. The molecule has 6 rings (SSSR count). The minimum atomic E-state index is -0.0871. The zero-order chi connectivity index (χ0) is 35.7. The van der Waals surface area contributed by atoms with Crippen molar-refractivity contribution in [2.75, 3.05) is 53.9 Å². The molecule has 2 heterocycles. The van der Waals surface area contributed by atoms with Gasteiger partial charge >= 0.3 is 0 Å². The molecule has 9 heteroatoms. The number of hydrogen-bond donors (Lipinski definition) is 3. The molecule has 0 unspecified atom stereocenters. The Morgan fingerprint density at radius 1 is 0.765 bits per heavy atom. The van der Waals surface area contributed by atoms with E-state index in [9.17, 15) is 9.59 Å². The van der Waals surface area contributed by atoms with Crippen molar-refractivity contribution in [1.82, 2.24) is 30.4 Å². The van der Waals surface area contributed by atoms with Gasteiger partial charge in [0.15, 0.2) is 0 Å². The number of aromatic amines is 1. The number of carbonyl (C=O) groups excluding carboxylic acids is 2. The fourth-order valence-corrected chi connectivity index (χ4v) is 6.13. The van der Waals surface area contributed by atoms with Gasteiger partial charge in [0.25, 0.3) is 11.8 Å². The maximum atomic E-state index is 12.7. The van der Waals surface area contributed by atoms with Gasteiger partial charge in [-0.15, -0.1) is 12.3 Å². The van der Waals surface area contributed by atoms with E-state index in [1.807, 2.05) is 73.6 Å². The number of aliphatic imine (C=N–C) groups is 1. The van der Waals surface area contributed by atoms with Crippen LogP contribution in [0.25, 0.3) is 33.5 Å². The number of terminal acetylenes is 1. The van der Waals surface area contributed by atoms with Crippen molar-refractivity contribution in [3.63, 3.8) is 0 Å². The number of imidazole rings is 1. The first-order valence-electron chi connectivity index (χ1n) is 17.5. The third kappa shape index (κ3) is 8.97. The predicted molar refractivity (Wildman–Crippen MR) is 207 cm³/mol. The van der Waals surface area contributed by atoms with Crippen molar-refractivity contribution < 1.29 is 9.59 Å². The van der Waals surface area contributed by atoms with E-state index in [0.717, 1.165) is 95.8 Å². The van der Waals surface area contributed by atoms with E-state index in [2.05, 4.69) is 63.8 Å². The van der Waals surface area contributed by atoms with Crippen LogP contribution in [0.3, 0.4) is 0 Å². The van der Waals surface area contributed by atoms with E-state index in [4.69, 9.17) is 16.4 Å². The zero-order valence-corrected chi connectivity index (χ0v) is 29.6. The molecule has 1 aromatic heterocycles. The molecule has 9 nitrogen and oxygen atoms in total. The number of fused-ring (bicyclic) bond motifs is 2. The maximum absolute atomic E-state index is 12.7. The fourth-order valence-electron chi connectivity index (χ4n) is 6.13. The molecule has 1 aliphatic rings. The van der Waals surface area contributed by atoms with Crippen molar-refractivity contribution in [1.29, 1.82) is 0 Å². The lowest BCUT2D eigenvalue weighted by atomic mass is 9.99. The van der Waals surface area contributed by atoms with Crippen LogP contribution >= 0.6 is 0 Å². The number of benzene rings is 4. The highest BCUT2D eigenvalue weighted by molar-refractivity contribution is 6.07. The van der Waals surface area contributed by atoms with Crippen LogP contribution in [0, 0.1) is 12.3 Å². The van der Waals surface area contributed by atoms with Gasteiger partial charge in [-0.05, 0) is 105 Å². The Bertz CT molecular complexity index is 2070. The number of carbonyl (C=O) groups is 2. The number of rotatable bonds is 15. The second-order valence-corrected chi connectivity index (χ2v) is 13.3. The van der Waals surface area contributed by atoms with Crippen LogP contribution in [-0.4, -0.2) is 91.2 Å². The molecule has 0 saturated carbocycles. The van der Waals surface area contributed by atoms with Gasteiger partial charge in [-0.25, -0.2) is 4.98 Å². The molecule has 0 aliphatic carbocycles. The summed E-state index contributed by atoms with van der Waals surface area (Å²) in [4.78, 5) is 42.7. The summed E-state index contributed by atoms with van der Waals surface area (Å²) in [6, 6.07) is 27.9. The molecule has 0 fully saturated rings. The molecule has 0 atom stereocenters. The minimum absolute atomic E-state index is 0.0672. The summed E-state index contributed by atoms with van der Waals surface area (Å²) in [5, 5.41) is 5.98. The zero-order valence-electron chi connectivity index (χ0n) is 29.6. The summed E-state index contributed by atoms with van der Waals surface area (Å²) >= 11 is 0. The van der Waals surface area contributed by atoms with E-state index in [1.54, 1.807) is 0 Å². The number of unbranched alkanes of at least 4 members (excludes halogenated alkanes) is 2. The normalized spacial score (nSPS) is 12.2. The predicted octanol–water partition coefficient (Wildman–Crippen LogP) is 6.33. The average Bonchev–Trinajstić information content (AvgIpc) is 3.77. The molecule has 3 N–H and O–H groups in total. The summed E-state index contributed by atoms with van der Waals surface area (Å²) < 4.78 is 0. The highest BCUT2D eigenvalue weighted by Gasteiger charge is 2.18. The molecule has 51 heavy (non-hydrogen) atoms. The summed E-state index contributed by atoms with van der Waals surface area (Å²) in [7, 11) is 6.03. The Labute approximate surface area is 300 Å². The van der Waals surface area contributed by atoms with Gasteiger partial charge in [0.2, 0.25) is 0 Å². The monoisotopic (exact) mass is 679 g/mol. The van der Waals surface area contributed by atoms with Gasteiger partial charge in [0.05, 0.1) is 22.4 Å². The van der Waals surface area contributed by atoms with E-state index in [0.29, 0.717) is 24.2 Å². The molecule has 260 valence electrons. The lowest BCUT2D eigenvalue weighted by molar-refractivity contribution is 0.0942. The Morgan fingerprint density at radius 2 is 1.39 bits per heavy atom. The van der Waals surface area contributed by atoms with Crippen molar-refractivity contribution >= 4 is 34.2 Å². The lowest BCUT2D eigenvalue weighted by Crippen LogP contribution is -2.33. The number of amides is 2. The summed E-state index contributed by atoms with van der Waals surface area (Å²) in [5.41, 5.74) is 10.3. The molecule has 4 aromatic carbocycles. The molecule has 5 aromatic rings. The molecule has 0 spiro atoms. The number of nitrogens with zero attached hydrogens (tertiary/aromatic N) is 4. The second-order valence-electron chi connectivity index (χ2n) is 13.3. The van der Waals surface area contributed by atoms with Gasteiger partial charge < -0.3 is 25.4 Å². The highest BCUT2D eigenvalue weighted by Crippen LogP contribution is 2.34. The van der Waals surface area contributed by atoms with Crippen LogP contribution < -0.4 is 10.6 Å². The molecule has 0 radical (unpaired) electrons. The number of H-pyrrole nitrogens is 1. The summed E-state index contributed by atoms with van der Waals surface area (Å²) in [5.74, 6) is 3.27. The average molecular weight is 680 g/mol. The van der Waals surface area contributed by atoms with Crippen molar-refractivity contribution in [2.24, 2.45) is 4.99 Å². The van der Waals surface area contributed by atoms with E-state index >= 15 is 0 Å². The van der Waals surface area contributed by atoms with Gasteiger partial charge in [-0.1, -0.05) is 42.5 Å². The third-order valence-electron chi connectivity index (χ3n) is 9.15. The minimum Gasteiger partial charge on any atom is -0.351 e. The van der Waals surface area contributed by atoms with Crippen LogP contribution in [0.15, 0.2) is 89.9 Å². The quantitative estimate of drug-likeness (QED) is 0.0887. The van der Waals surface area contributed by atoms with Gasteiger partial charge in [0, 0.05) is 55.7 Å². The number of hydrogen-bond acceptors (Lipinski definition) is 6. The van der Waals surface area contributed by atoms with Crippen LogP contribution in [0.1, 0.15) is 51.1 Å². The molecule has 2 amide bonds. The number of aromatic nitrogens is 2.